The van der Waals surface area contributed by atoms with Gasteiger partial charge >= 0.3 is 0 Å². The Labute approximate surface area is 154 Å². The minimum absolute atomic E-state index is 0.0551. The van der Waals surface area contributed by atoms with Crippen molar-refractivity contribution in [1.29, 1.82) is 0 Å². The molecule has 0 aliphatic carbocycles. The third-order valence-electron chi connectivity index (χ3n) is 3.63. The second-order valence-electron chi connectivity index (χ2n) is 5.50. The summed E-state index contributed by atoms with van der Waals surface area (Å²) in [5.41, 5.74) is 2.15. The molecule has 1 N–H and O–H groups in total. The van der Waals surface area contributed by atoms with E-state index in [-0.39, 0.29) is 5.91 Å². The lowest BCUT2D eigenvalue weighted by Gasteiger charge is -2.04. The number of thioether (sulfide) groups is 1. The van der Waals surface area contributed by atoms with E-state index in [0.29, 0.717) is 23.2 Å². The Morgan fingerprint density at radius 1 is 1.28 bits per heavy atom. The van der Waals surface area contributed by atoms with Crippen LogP contribution >= 0.6 is 23.1 Å². The molecule has 0 unspecified atom stereocenters. The van der Waals surface area contributed by atoms with Gasteiger partial charge in [-0.15, -0.1) is 11.8 Å². The molecule has 1 aromatic carbocycles. The van der Waals surface area contributed by atoms with Crippen molar-refractivity contribution in [3.63, 3.8) is 0 Å². The van der Waals surface area contributed by atoms with Crippen molar-refractivity contribution >= 4 is 34.1 Å². The van der Waals surface area contributed by atoms with Gasteiger partial charge in [0.2, 0.25) is 11.8 Å². The maximum Gasteiger partial charge on any atom is 0.230 e. The lowest BCUT2D eigenvalue weighted by molar-refractivity contribution is -0.115. The summed E-state index contributed by atoms with van der Waals surface area (Å²) in [6, 6.07) is 7.89. The SMILES string of the molecule is CCc1cnc(CSc2cnc(NC(=O)Cc3ccccc3C)s2)o1. The summed E-state index contributed by atoms with van der Waals surface area (Å²) in [7, 11) is 0. The Kier molecular flexibility index (Phi) is 5.88. The molecule has 0 saturated heterocycles. The Hall–Kier alpha value is -2.12. The van der Waals surface area contributed by atoms with Crippen LogP contribution in [-0.2, 0) is 23.4 Å². The molecule has 0 spiro atoms. The summed E-state index contributed by atoms with van der Waals surface area (Å²) in [5.74, 6) is 2.20. The van der Waals surface area contributed by atoms with Crippen molar-refractivity contribution in [2.24, 2.45) is 0 Å². The highest BCUT2D eigenvalue weighted by Gasteiger charge is 2.10. The monoisotopic (exact) mass is 373 g/mol. The summed E-state index contributed by atoms with van der Waals surface area (Å²) in [6.45, 7) is 4.04. The molecule has 5 nitrogen and oxygen atoms in total. The molecule has 1 amide bonds. The second kappa shape index (κ2) is 8.31. The summed E-state index contributed by atoms with van der Waals surface area (Å²) < 4.78 is 6.60. The molecule has 0 atom stereocenters. The number of anilines is 1. The Balaban J connectivity index is 1.52. The lowest BCUT2D eigenvalue weighted by atomic mass is 10.1. The van der Waals surface area contributed by atoms with Crippen LogP contribution in [-0.4, -0.2) is 15.9 Å². The number of oxazole rings is 1. The fourth-order valence-electron chi connectivity index (χ4n) is 2.24. The van der Waals surface area contributed by atoms with Crippen LogP contribution in [0.1, 0.15) is 29.7 Å². The molecule has 25 heavy (non-hydrogen) atoms. The van der Waals surface area contributed by atoms with E-state index < -0.39 is 0 Å². The lowest BCUT2D eigenvalue weighted by Crippen LogP contribution is -2.14. The summed E-state index contributed by atoms with van der Waals surface area (Å²) in [5, 5.41) is 3.48. The normalized spacial score (nSPS) is 10.8. The highest BCUT2D eigenvalue weighted by atomic mass is 32.2. The number of benzene rings is 1. The Morgan fingerprint density at radius 2 is 2.12 bits per heavy atom. The highest BCUT2D eigenvalue weighted by Crippen LogP contribution is 2.30. The average Bonchev–Trinajstić information content (AvgIpc) is 3.24. The van der Waals surface area contributed by atoms with Gasteiger partial charge in [0.05, 0.1) is 28.8 Å². The molecule has 2 aromatic heterocycles. The standard InChI is InChI=1S/C18H19N3O2S2/c1-3-14-9-19-16(23-14)11-24-17-10-20-18(25-17)21-15(22)8-13-7-5-4-6-12(13)2/h4-7,9-10H,3,8,11H2,1-2H3,(H,20,21,22). The molecular formula is C18H19N3O2S2. The van der Waals surface area contributed by atoms with E-state index in [1.165, 1.54) is 11.3 Å². The van der Waals surface area contributed by atoms with E-state index in [4.69, 9.17) is 4.42 Å². The summed E-state index contributed by atoms with van der Waals surface area (Å²) >= 11 is 3.06. The van der Waals surface area contributed by atoms with E-state index in [1.54, 1.807) is 24.2 Å². The third-order valence-corrected chi connectivity index (χ3v) is 5.72. The zero-order chi connectivity index (χ0) is 17.6. The first-order valence-electron chi connectivity index (χ1n) is 8.00. The van der Waals surface area contributed by atoms with Gasteiger partial charge in [-0.25, -0.2) is 9.97 Å². The van der Waals surface area contributed by atoms with Crippen LogP contribution in [0.15, 0.2) is 45.3 Å². The van der Waals surface area contributed by atoms with Crippen LogP contribution in [0.2, 0.25) is 0 Å². The van der Waals surface area contributed by atoms with Crippen LogP contribution in [0.3, 0.4) is 0 Å². The number of carbonyl (C=O) groups is 1. The molecule has 0 aliphatic heterocycles. The molecule has 0 bridgehead atoms. The van der Waals surface area contributed by atoms with E-state index in [2.05, 4.69) is 15.3 Å². The first-order valence-corrected chi connectivity index (χ1v) is 9.81. The molecular weight excluding hydrogens is 354 g/mol. The van der Waals surface area contributed by atoms with Gasteiger partial charge in [-0.2, -0.15) is 0 Å². The molecule has 7 heteroatoms. The van der Waals surface area contributed by atoms with Gasteiger partial charge in [-0.05, 0) is 18.1 Å². The van der Waals surface area contributed by atoms with Crippen LogP contribution in [0, 0.1) is 6.92 Å². The van der Waals surface area contributed by atoms with E-state index in [1.807, 2.05) is 38.1 Å². The number of thiazole rings is 1. The third kappa shape index (κ3) is 4.93. The van der Waals surface area contributed by atoms with Gasteiger partial charge in [0, 0.05) is 6.42 Å². The van der Waals surface area contributed by atoms with Crippen LogP contribution in [0.5, 0.6) is 0 Å². The number of carbonyl (C=O) groups excluding carboxylic acids is 1. The molecule has 2 heterocycles. The number of hydrogen-bond donors (Lipinski definition) is 1. The topological polar surface area (TPSA) is 68.0 Å². The number of nitrogens with zero attached hydrogens (tertiary/aromatic N) is 2. The van der Waals surface area contributed by atoms with Crippen molar-refractivity contribution < 1.29 is 9.21 Å². The van der Waals surface area contributed by atoms with Crippen molar-refractivity contribution in [2.45, 2.75) is 36.7 Å². The minimum atomic E-state index is -0.0551. The molecule has 0 fully saturated rings. The molecule has 0 aliphatic rings. The first-order chi connectivity index (χ1) is 12.1. The average molecular weight is 374 g/mol. The summed E-state index contributed by atoms with van der Waals surface area (Å²) in [6.07, 6.45) is 4.72. The Morgan fingerprint density at radius 3 is 2.88 bits per heavy atom. The number of nitrogens with one attached hydrogen (secondary N) is 1. The van der Waals surface area contributed by atoms with Crippen molar-refractivity contribution in [3.05, 3.63) is 59.4 Å². The molecule has 0 radical (unpaired) electrons. The highest BCUT2D eigenvalue weighted by molar-refractivity contribution is 8.00. The zero-order valence-corrected chi connectivity index (χ0v) is 15.7. The first kappa shape index (κ1) is 17.7. The van der Waals surface area contributed by atoms with Crippen molar-refractivity contribution in [1.82, 2.24) is 9.97 Å². The maximum absolute atomic E-state index is 12.2. The molecule has 3 aromatic rings. The number of aromatic nitrogens is 2. The number of amides is 1. The largest absolute Gasteiger partial charge is 0.445 e. The second-order valence-corrected chi connectivity index (χ2v) is 7.80. The maximum atomic E-state index is 12.2. The van der Waals surface area contributed by atoms with Crippen molar-refractivity contribution in [2.75, 3.05) is 5.32 Å². The molecule has 0 saturated carbocycles. The van der Waals surface area contributed by atoms with Crippen molar-refractivity contribution in [3.8, 4) is 0 Å². The van der Waals surface area contributed by atoms with E-state index in [9.17, 15) is 4.79 Å². The summed E-state index contributed by atoms with van der Waals surface area (Å²) in [4.78, 5) is 20.7. The van der Waals surface area contributed by atoms with Gasteiger partial charge in [0.15, 0.2) is 5.13 Å². The quantitative estimate of drug-likeness (QED) is 0.619. The van der Waals surface area contributed by atoms with Gasteiger partial charge in [0.25, 0.3) is 0 Å². The molecule has 130 valence electrons. The van der Waals surface area contributed by atoms with Gasteiger partial charge in [-0.3, -0.25) is 4.79 Å². The predicted octanol–water partition coefficient (Wildman–Crippen LogP) is 4.48. The van der Waals surface area contributed by atoms with E-state index >= 15 is 0 Å². The van der Waals surface area contributed by atoms with Crippen LogP contribution < -0.4 is 5.32 Å². The van der Waals surface area contributed by atoms with Gasteiger partial charge < -0.3 is 9.73 Å². The zero-order valence-electron chi connectivity index (χ0n) is 14.1. The fourth-order valence-corrected chi connectivity index (χ4v) is 3.98. The molecule has 3 rings (SSSR count). The van der Waals surface area contributed by atoms with Gasteiger partial charge in [0.1, 0.15) is 5.76 Å². The smallest absolute Gasteiger partial charge is 0.230 e. The Bertz CT molecular complexity index is 857. The fraction of sp³-hybridized carbons (Fsp3) is 0.278. The number of hydrogen-bond acceptors (Lipinski definition) is 6. The van der Waals surface area contributed by atoms with Crippen LogP contribution in [0.4, 0.5) is 5.13 Å². The number of aryl methyl sites for hydroxylation is 2. The van der Waals surface area contributed by atoms with E-state index in [0.717, 1.165) is 27.5 Å². The van der Waals surface area contributed by atoms with Crippen LogP contribution in [0.25, 0.3) is 0 Å². The number of rotatable bonds is 7. The minimum Gasteiger partial charge on any atom is -0.445 e. The van der Waals surface area contributed by atoms with Gasteiger partial charge in [-0.1, -0.05) is 42.5 Å². The predicted molar refractivity (Wildman–Crippen MR) is 101 cm³/mol.